The number of benzene rings is 1. The maximum absolute atomic E-state index is 5.89. The summed E-state index contributed by atoms with van der Waals surface area (Å²) in [5.74, 6) is 0.874. The lowest BCUT2D eigenvalue weighted by Gasteiger charge is -2.12. The zero-order valence-electron chi connectivity index (χ0n) is 10.3. The molecule has 1 aromatic carbocycles. The van der Waals surface area contributed by atoms with Crippen LogP contribution in [0.1, 0.15) is 18.7 Å². The zero-order chi connectivity index (χ0) is 13.0. The van der Waals surface area contributed by atoms with Crippen LogP contribution in [-0.2, 0) is 6.54 Å². The van der Waals surface area contributed by atoms with Crippen molar-refractivity contribution in [2.75, 3.05) is 6.61 Å². The number of halogens is 1. The fraction of sp³-hybridized carbons (Fsp3) is 0.286. The van der Waals surface area contributed by atoms with Crippen LogP contribution in [0.5, 0.6) is 5.75 Å². The largest absolute Gasteiger partial charge is 0.492 e. The molecule has 0 saturated carbocycles. The summed E-state index contributed by atoms with van der Waals surface area (Å²) < 4.78 is 8.86. The van der Waals surface area contributed by atoms with Gasteiger partial charge in [-0.05, 0) is 37.3 Å². The molecule has 18 heavy (non-hydrogen) atoms. The summed E-state index contributed by atoms with van der Waals surface area (Å²) in [5.41, 5.74) is 7.03. The molecule has 0 radical (unpaired) electrons. The van der Waals surface area contributed by atoms with Crippen molar-refractivity contribution in [1.29, 1.82) is 0 Å². The van der Waals surface area contributed by atoms with Gasteiger partial charge in [0.25, 0.3) is 0 Å². The van der Waals surface area contributed by atoms with Gasteiger partial charge in [-0.25, -0.2) is 0 Å². The van der Waals surface area contributed by atoms with Crippen molar-refractivity contribution in [3.05, 3.63) is 52.8 Å². The van der Waals surface area contributed by atoms with Crippen LogP contribution in [0.25, 0.3) is 0 Å². The van der Waals surface area contributed by atoms with Crippen LogP contribution in [0.3, 0.4) is 0 Å². The molecule has 1 heterocycles. The van der Waals surface area contributed by atoms with Crippen LogP contribution in [-0.4, -0.2) is 11.2 Å². The quantitative estimate of drug-likeness (QED) is 0.920. The minimum Gasteiger partial charge on any atom is -0.492 e. The minimum absolute atomic E-state index is 0.0471. The molecule has 3 nitrogen and oxygen atoms in total. The average molecular weight is 309 g/mol. The Morgan fingerprint density at radius 3 is 2.89 bits per heavy atom. The van der Waals surface area contributed by atoms with Crippen LogP contribution >= 0.6 is 15.9 Å². The lowest BCUT2D eigenvalue weighted by atomic mass is 10.2. The van der Waals surface area contributed by atoms with E-state index in [1.807, 2.05) is 49.5 Å². The molecule has 2 N–H and O–H groups in total. The second-order valence-corrected chi connectivity index (χ2v) is 5.14. The molecule has 0 aliphatic rings. The lowest BCUT2D eigenvalue weighted by Crippen LogP contribution is -2.15. The molecule has 1 unspecified atom stereocenters. The van der Waals surface area contributed by atoms with E-state index in [2.05, 4.69) is 20.5 Å². The molecular formula is C14H17BrN2O. The van der Waals surface area contributed by atoms with Gasteiger partial charge in [-0.15, -0.1) is 0 Å². The van der Waals surface area contributed by atoms with Crippen LogP contribution < -0.4 is 10.5 Å². The molecular weight excluding hydrogens is 292 g/mol. The monoisotopic (exact) mass is 308 g/mol. The number of hydrogen-bond donors (Lipinski definition) is 1. The molecule has 2 rings (SSSR count). The van der Waals surface area contributed by atoms with Gasteiger partial charge in [0.2, 0.25) is 0 Å². The highest BCUT2D eigenvalue weighted by molar-refractivity contribution is 9.10. The molecule has 0 amide bonds. The standard InChI is InChI=1S/C14H17BrN2O/c1-11(16)14-6-3-7-17(14)8-9-18-13-5-2-4-12(15)10-13/h2-7,10-11H,8-9,16H2,1H3. The van der Waals surface area contributed by atoms with Gasteiger partial charge in [0.1, 0.15) is 12.4 Å². The smallest absolute Gasteiger partial charge is 0.120 e. The highest BCUT2D eigenvalue weighted by Gasteiger charge is 2.05. The summed E-state index contributed by atoms with van der Waals surface area (Å²) in [6, 6.07) is 12.0. The first-order valence-corrected chi connectivity index (χ1v) is 6.75. The van der Waals surface area contributed by atoms with Crippen LogP contribution in [0.15, 0.2) is 47.1 Å². The molecule has 1 atom stereocenters. The number of aromatic nitrogens is 1. The third-order valence-electron chi connectivity index (χ3n) is 2.73. The van der Waals surface area contributed by atoms with Crippen LogP contribution in [0, 0.1) is 0 Å². The van der Waals surface area contributed by atoms with E-state index in [0.29, 0.717) is 6.61 Å². The fourth-order valence-corrected chi connectivity index (χ4v) is 2.24. The number of rotatable bonds is 5. The highest BCUT2D eigenvalue weighted by atomic mass is 79.9. The Balaban J connectivity index is 1.90. The maximum atomic E-state index is 5.89. The highest BCUT2D eigenvalue weighted by Crippen LogP contribution is 2.18. The van der Waals surface area contributed by atoms with Crippen molar-refractivity contribution in [3.8, 4) is 5.75 Å². The van der Waals surface area contributed by atoms with Gasteiger partial charge in [0, 0.05) is 22.4 Å². The fourth-order valence-electron chi connectivity index (χ4n) is 1.86. The molecule has 1 aromatic heterocycles. The third-order valence-corrected chi connectivity index (χ3v) is 3.22. The molecule has 0 aliphatic heterocycles. The van der Waals surface area contributed by atoms with E-state index in [9.17, 15) is 0 Å². The summed E-state index contributed by atoms with van der Waals surface area (Å²) in [6.07, 6.45) is 2.03. The van der Waals surface area contributed by atoms with Crippen molar-refractivity contribution in [2.45, 2.75) is 19.5 Å². The molecule has 0 spiro atoms. The zero-order valence-corrected chi connectivity index (χ0v) is 11.9. The van der Waals surface area contributed by atoms with Crippen molar-refractivity contribution < 1.29 is 4.74 Å². The number of ether oxygens (including phenoxy) is 1. The Bertz CT molecular complexity index is 508. The summed E-state index contributed by atoms with van der Waals surface area (Å²) in [6.45, 7) is 3.42. The molecule has 0 fully saturated rings. The predicted molar refractivity (Wildman–Crippen MR) is 76.7 cm³/mol. The second-order valence-electron chi connectivity index (χ2n) is 4.22. The first-order valence-electron chi connectivity index (χ1n) is 5.96. The van der Waals surface area contributed by atoms with E-state index in [1.165, 1.54) is 0 Å². The van der Waals surface area contributed by atoms with Gasteiger partial charge >= 0.3 is 0 Å². The Hall–Kier alpha value is -1.26. The van der Waals surface area contributed by atoms with E-state index in [1.54, 1.807) is 0 Å². The van der Waals surface area contributed by atoms with E-state index in [-0.39, 0.29) is 6.04 Å². The van der Waals surface area contributed by atoms with E-state index >= 15 is 0 Å². The van der Waals surface area contributed by atoms with E-state index < -0.39 is 0 Å². The lowest BCUT2D eigenvalue weighted by molar-refractivity contribution is 0.296. The number of nitrogens with zero attached hydrogens (tertiary/aromatic N) is 1. The second kappa shape index (κ2) is 6.07. The van der Waals surface area contributed by atoms with Gasteiger partial charge in [-0.3, -0.25) is 0 Å². The molecule has 0 aliphatic carbocycles. The molecule has 4 heteroatoms. The van der Waals surface area contributed by atoms with E-state index in [4.69, 9.17) is 10.5 Å². The van der Waals surface area contributed by atoms with Gasteiger partial charge in [0.15, 0.2) is 0 Å². The summed E-state index contributed by atoms with van der Waals surface area (Å²) in [5, 5.41) is 0. The number of hydrogen-bond acceptors (Lipinski definition) is 2. The van der Waals surface area contributed by atoms with Crippen molar-refractivity contribution in [1.82, 2.24) is 4.57 Å². The van der Waals surface area contributed by atoms with Gasteiger partial charge in [-0.2, -0.15) is 0 Å². The SMILES string of the molecule is CC(N)c1cccn1CCOc1cccc(Br)c1. The van der Waals surface area contributed by atoms with Crippen molar-refractivity contribution >= 4 is 15.9 Å². The summed E-state index contributed by atoms with van der Waals surface area (Å²) in [4.78, 5) is 0. The topological polar surface area (TPSA) is 40.2 Å². The minimum atomic E-state index is 0.0471. The van der Waals surface area contributed by atoms with Crippen molar-refractivity contribution in [2.24, 2.45) is 5.73 Å². The summed E-state index contributed by atoms with van der Waals surface area (Å²) in [7, 11) is 0. The Kier molecular flexibility index (Phi) is 4.44. The first-order chi connectivity index (χ1) is 8.66. The number of nitrogens with two attached hydrogens (primary N) is 1. The van der Waals surface area contributed by atoms with Gasteiger partial charge < -0.3 is 15.0 Å². The predicted octanol–water partition coefficient (Wildman–Crippen LogP) is 3.35. The Labute approximate surface area is 116 Å². The molecule has 0 bridgehead atoms. The first kappa shape index (κ1) is 13.2. The summed E-state index contributed by atoms with van der Waals surface area (Å²) >= 11 is 3.42. The van der Waals surface area contributed by atoms with Crippen LogP contribution in [0.4, 0.5) is 0 Å². The molecule has 2 aromatic rings. The van der Waals surface area contributed by atoms with E-state index in [0.717, 1.165) is 22.5 Å². The van der Waals surface area contributed by atoms with Gasteiger partial charge in [-0.1, -0.05) is 22.0 Å². The Morgan fingerprint density at radius 1 is 1.33 bits per heavy atom. The third kappa shape index (κ3) is 3.37. The van der Waals surface area contributed by atoms with Crippen molar-refractivity contribution in [3.63, 3.8) is 0 Å². The average Bonchev–Trinajstić information content (AvgIpc) is 2.77. The maximum Gasteiger partial charge on any atom is 0.120 e. The Morgan fingerprint density at radius 2 is 2.17 bits per heavy atom. The molecule has 0 saturated heterocycles. The normalized spacial score (nSPS) is 12.4. The molecule has 96 valence electrons. The van der Waals surface area contributed by atoms with Crippen LogP contribution in [0.2, 0.25) is 0 Å². The van der Waals surface area contributed by atoms with Gasteiger partial charge in [0.05, 0.1) is 6.54 Å².